The van der Waals surface area contributed by atoms with Gasteiger partial charge in [-0.2, -0.15) is 0 Å². The van der Waals surface area contributed by atoms with Crippen LogP contribution in [0, 0.1) is 0 Å². The Morgan fingerprint density at radius 2 is 1.50 bits per heavy atom. The molecule has 5 nitrogen and oxygen atoms in total. The molecule has 0 spiro atoms. The molecule has 0 fully saturated rings. The molecule has 1 atom stereocenters. The van der Waals surface area contributed by atoms with Gasteiger partial charge in [-0.05, 0) is 43.5 Å². The van der Waals surface area contributed by atoms with Crippen molar-refractivity contribution in [2.75, 3.05) is 12.8 Å². The number of benzene rings is 2. The number of carbonyl (C=O) groups is 2. The Labute approximate surface area is 154 Å². The molecule has 0 aliphatic carbocycles. The summed E-state index contributed by atoms with van der Waals surface area (Å²) in [6, 6.07) is 17.0. The summed E-state index contributed by atoms with van der Waals surface area (Å²) < 4.78 is 22.3. The number of nitrogens with one attached hydrogen (secondary N) is 1. The van der Waals surface area contributed by atoms with E-state index >= 15 is 0 Å². The first-order valence-electron chi connectivity index (χ1n) is 8.29. The van der Waals surface area contributed by atoms with Crippen LogP contribution >= 0.6 is 0 Å². The lowest BCUT2D eigenvalue weighted by atomic mass is 10.0. The largest absolute Gasteiger partial charge is 0.352 e. The molecule has 6 heteroatoms. The fourth-order valence-electron chi connectivity index (χ4n) is 2.58. The molecule has 1 amide bonds. The zero-order valence-corrected chi connectivity index (χ0v) is 16.0. The SMILES string of the molecule is CC(=O)C(C)(CCNC(=O)c1ccc(-c2ccccc2)cc1)S(C)(=O)=O. The fraction of sp³-hybridized carbons (Fsp3) is 0.300. The van der Waals surface area contributed by atoms with Crippen molar-refractivity contribution < 1.29 is 18.0 Å². The molecule has 0 bridgehead atoms. The quantitative estimate of drug-likeness (QED) is 0.809. The molecule has 1 unspecified atom stereocenters. The van der Waals surface area contributed by atoms with Crippen LogP contribution in [0.5, 0.6) is 0 Å². The summed E-state index contributed by atoms with van der Waals surface area (Å²) in [5.41, 5.74) is 2.54. The van der Waals surface area contributed by atoms with E-state index in [0.717, 1.165) is 17.4 Å². The second-order valence-corrected chi connectivity index (χ2v) is 8.95. The predicted octanol–water partition coefficient (Wildman–Crippen LogP) is 2.87. The van der Waals surface area contributed by atoms with E-state index in [1.165, 1.54) is 13.8 Å². The van der Waals surface area contributed by atoms with Gasteiger partial charge in [0.15, 0.2) is 15.6 Å². The predicted molar refractivity (Wildman–Crippen MR) is 103 cm³/mol. The summed E-state index contributed by atoms with van der Waals surface area (Å²) >= 11 is 0. The van der Waals surface area contributed by atoms with Crippen molar-refractivity contribution in [3.63, 3.8) is 0 Å². The first-order chi connectivity index (χ1) is 12.1. The number of amides is 1. The number of Topliss-reactive ketones (excluding diaryl/α,β-unsaturated/α-hetero) is 1. The van der Waals surface area contributed by atoms with E-state index in [1.54, 1.807) is 12.1 Å². The number of rotatable bonds is 7. The Morgan fingerprint density at radius 3 is 2.00 bits per heavy atom. The Bertz CT molecular complexity index is 889. The number of ketones is 1. The number of hydrogen-bond acceptors (Lipinski definition) is 4. The third kappa shape index (κ3) is 4.38. The summed E-state index contributed by atoms with van der Waals surface area (Å²) in [5.74, 6) is -0.731. The number of hydrogen-bond donors (Lipinski definition) is 1. The molecule has 1 N–H and O–H groups in total. The highest BCUT2D eigenvalue weighted by molar-refractivity contribution is 7.92. The average Bonchev–Trinajstić information content (AvgIpc) is 2.61. The topological polar surface area (TPSA) is 80.3 Å². The molecule has 0 aliphatic heterocycles. The van der Waals surface area contributed by atoms with Gasteiger partial charge in [0.05, 0.1) is 0 Å². The molecule has 0 radical (unpaired) electrons. The van der Waals surface area contributed by atoms with Gasteiger partial charge in [0, 0.05) is 18.4 Å². The van der Waals surface area contributed by atoms with Crippen molar-refractivity contribution >= 4 is 21.5 Å². The molecular weight excluding hydrogens is 350 g/mol. The molecule has 2 aromatic carbocycles. The summed E-state index contributed by atoms with van der Waals surface area (Å²) in [6.07, 6.45) is 1.08. The van der Waals surface area contributed by atoms with E-state index in [9.17, 15) is 18.0 Å². The Kier molecular flexibility index (Phi) is 5.97. The van der Waals surface area contributed by atoms with E-state index in [4.69, 9.17) is 0 Å². The van der Waals surface area contributed by atoms with Crippen molar-refractivity contribution in [1.82, 2.24) is 5.32 Å². The summed E-state index contributed by atoms with van der Waals surface area (Å²) in [6.45, 7) is 2.75. The molecule has 0 aliphatic rings. The minimum absolute atomic E-state index is 0.0367. The van der Waals surface area contributed by atoms with E-state index in [2.05, 4.69) is 5.32 Å². The lowest BCUT2D eigenvalue weighted by Crippen LogP contribution is -2.44. The van der Waals surface area contributed by atoms with Crippen LogP contribution in [0.15, 0.2) is 54.6 Å². The normalized spacial score (nSPS) is 13.7. The van der Waals surface area contributed by atoms with Crippen LogP contribution in [-0.2, 0) is 14.6 Å². The zero-order chi connectivity index (χ0) is 19.4. The van der Waals surface area contributed by atoms with Gasteiger partial charge in [0.2, 0.25) is 0 Å². The Hall–Kier alpha value is -2.47. The van der Waals surface area contributed by atoms with Crippen LogP contribution in [0.4, 0.5) is 0 Å². The van der Waals surface area contributed by atoms with Gasteiger partial charge in [0.1, 0.15) is 4.75 Å². The molecular formula is C20H23NO4S. The van der Waals surface area contributed by atoms with E-state index in [1.807, 2.05) is 42.5 Å². The van der Waals surface area contributed by atoms with Gasteiger partial charge < -0.3 is 5.32 Å². The van der Waals surface area contributed by atoms with Gasteiger partial charge >= 0.3 is 0 Å². The fourth-order valence-corrected chi connectivity index (χ4v) is 3.58. The van der Waals surface area contributed by atoms with Crippen molar-refractivity contribution in [2.24, 2.45) is 0 Å². The lowest BCUT2D eigenvalue weighted by Gasteiger charge is -2.24. The molecule has 2 aromatic rings. The van der Waals surface area contributed by atoms with E-state index in [-0.39, 0.29) is 18.9 Å². The van der Waals surface area contributed by atoms with E-state index in [0.29, 0.717) is 5.56 Å². The third-order valence-corrected chi connectivity index (χ3v) is 6.83. The molecule has 138 valence electrons. The molecule has 0 aromatic heterocycles. The smallest absolute Gasteiger partial charge is 0.251 e. The van der Waals surface area contributed by atoms with Crippen LogP contribution in [0.1, 0.15) is 30.6 Å². The van der Waals surface area contributed by atoms with Gasteiger partial charge in [0.25, 0.3) is 5.91 Å². The van der Waals surface area contributed by atoms with Crippen LogP contribution in [0.3, 0.4) is 0 Å². The standard InChI is InChI=1S/C20H23NO4S/c1-15(22)20(2,26(3,24)25)13-14-21-19(23)18-11-9-17(10-12-18)16-7-5-4-6-8-16/h4-12H,13-14H2,1-3H3,(H,21,23). The maximum Gasteiger partial charge on any atom is 0.251 e. The lowest BCUT2D eigenvalue weighted by molar-refractivity contribution is -0.119. The summed E-state index contributed by atoms with van der Waals surface area (Å²) in [7, 11) is -3.56. The van der Waals surface area contributed by atoms with Crippen molar-refractivity contribution in [2.45, 2.75) is 25.0 Å². The summed E-state index contributed by atoms with van der Waals surface area (Å²) in [5, 5.41) is 2.69. The summed E-state index contributed by atoms with van der Waals surface area (Å²) in [4.78, 5) is 24.0. The number of sulfone groups is 1. The van der Waals surface area contributed by atoms with Crippen LogP contribution < -0.4 is 5.32 Å². The van der Waals surface area contributed by atoms with Gasteiger partial charge in [-0.15, -0.1) is 0 Å². The second kappa shape index (κ2) is 7.83. The maximum absolute atomic E-state index is 12.3. The first kappa shape index (κ1) is 19.8. The Balaban J connectivity index is 2.01. The number of carbonyl (C=O) groups excluding carboxylic acids is 2. The maximum atomic E-state index is 12.3. The first-order valence-corrected chi connectivity index (χ1v) is 10.2. The highest BCUT2D eigenvalue weighted by Gasteiger charge is 2.40. The highest BCUT2D eigenvalue weighted by atomic mass is 32.2. The second-order valence-electron chi connectivity index (χ2n) is 6.51. The van der Waals surface area contributed by atoms with Gasteiger partial charge in [-0.25, -0.2) is 8.42 Å². The molecule has 0 saturated heterocycles. The van der Waals surface area contributed by atoms with Gasteiger partial charge in [-0.3, -0.25) is 9.59 Å². The van der Waals surface area contributed by atoms with Crippen molar-refractivity contribution in [1.29, 1.82) is 0 Å². The highest BCUT2D eigenvalue weighted by Crippen LogP contribution is 2.22. The van der Waals surface area contributed by atoms with E-state index < -0.39 is 20.4 Å². The average molecular weight is 373 g/mol. The van der Waals surface area contributed by atoms with Crippen molar-refractivity contribution in [3.05, 3.63) is 60.2 Å². The van der Waals surface area contributed by atoms with Gasteiger partial charge in [-0.1, -0.05) is 42.5 Å². The Morgan fingerprint density at radius 1 is 0.962 bits per heavy atom. The van der Waals surface area contributed by atoms with Crippen LogP contribution in [-0.4, -0.2) is 37.7 Å². The minimum atomic E-state index is -3.56. The monoisotopic (exact) mass is 373 g/mol. The third-order valence-electron chi connectivity index (χ3n) is 4.70. The molecule has 0 saturated carbocycles. The van der Waals surface area contributed by atoms with Crippen molar-refractivity contribution in [3.8, 4) is 11.1 Å². The molecule has 2 rings (SSSR count). The van der Waals surface area contributed by atoms with Crippen LogP contribution in [0.2, 0.25) is 0 Å². The minimum Gasteiger partial charge on any atom is -0.352 e. The van der Waals surface area contributed by atoms with Crippen LogP contribution in [0.25, 0.3) is 11.1 Å². The zero-order valence-electron chi connectivity index (χ0n) is 15.2. The molecule has 26 heavy (non-hydrogen) atoms. The molecule has 0 heterocycles.